The van der Waals surface area contributed by atoms with Crippen molar-refractivity contribution in [2.75, 3.05) is 13.7 Å². The van der Waals surface area contributed by atoms with Gasteiger partial charge in [0.15, 0.2) is 0 Å². The zero-order valence-corrected chi connectivity index (χ0v) is 10.7. The first-order chi connectivity index (χ1) is 7.90. The van der Waals surface area contributed by atoms with Crippen LogP contribution >= 0.6 is 0 Å². The minimum atomic E-state index is -0.980. The molecule has 0 heterocycles. The second-order valence-electron chi connectivity index (χ2n) is 4.93. The first kappa shape index (κ1) is 14.0. The van der Waals surface area contributed by atoms with Crippen LogP contribution in [0, 0.1) is 0 Å². The molecule has 0 atom stereocenters. The van der Waals surface area contributed by atoms with E-state index in [1.165, 1.54) is 4.90 Å². The van der Waals surface area contributed by atoms with E-state index in [0.29, 0.717) is 0 Å². The molecular formula is C12H21NO4. The topological polar surface area (TPSA) is 66.8 Å². The van der Waals surface area contributed by atoms with Crippen molar-refractivity contribution in [2.45, 2.75) is 51.2 Å². The van der Waals surface area contributed by atoms with Gasteiger partial charge in [-0.3, -0.25) is 9.59 Å². The zero-order valence-electron chi connectivity index (χ0n) is 10.7. The monoisotopic (exact) mass is 243 g/mol. The van der Waals surface area contributed by atoms with Gasteiger partial charge in [-0.2, -0.15) is 0 Å². The average molecular weight is 243 g/mol. The Kier molecular flexibility index (Phi) is 4.51. The third kappa shape index (κ3) is 3.43. The Bertz CT molecular complexity index is 291. The number of aliphatic carboxylic acids is 1. The summed E-state index contributed by atoms with van der Waals surface area (Å²) in [7, 11) is 1.61. The molecule has 17 heavy (non-hydrogen) atoms. The average Bonchev–Trinajstić information content (AvgIpc) is 2.19. The van der Waals surface area contributed by atoms with Crippen LogP contribution in [0.15, 0.2) is 0 Å². The number of carboxylic acids is 1. The van der Waals surface area contributed by atoms with Gasteiger partial charge in [0.05, 0.1) is 12.0 Å². The van der Waals surface area contributed by atoms with Crippen LogP contribution in [0.3, 0.4) is 0 Å². The van der Waals surface area contributed by atoms with E-state index in [-0.39, 0.29) is 30.5 Å². The van der Waals surface area contributed by atoms with Gasteiger partial charge in [-0.25, -0.2) is 0 Å². The molecule has 0 aromatic heterocycles. The van der Waals surface area contributed by atoms with E-state index in [1.54, 1.807) is 7.11 Å². The van der Waals surface area contributed by atoms with E-state index in [1.807, 2.05) is 13.8 Å². The highest BCUT2D eigenvalue weighted by molar-refractivity contribution is 5.82. The number of hydrogen-bond acceptors (Lipinski definition) is 3. The summed E-state index contributed by atoms with van der Waals surface area (Å²) in [5.74, 6) is -1.11. The second-order valence-corrected chi connectivity index (χ2v) is 4.93. The molecule has 1 N–H and O–H groups in total. The van der Waals surface area contributed by atoms with Gasteiger partial charge in [0, 0.05) is 13.2 Å². The van der Waals surface area contributed by atoms with E-state index < -0.39 is 5.97 Å². The summed E-state index contributed by atoms with van der Waals surface area (Å²) in [5.41, 5.74) is -0.345. The van der Waals surface area contributed by atoms with Crippen LogP contribution in [0.5, 0.6) is 0 Å². The molecule has 0 aromatic carbocycles. The standard InChI is InChI=1S/C12H21NO4/c1-9(2)13(8-11(15)16)10(14)7-12(17-3)5-4-6-12/h9H,4-8H2,1-3H3,(H,15,16). The van der Waals surface area contributed by atoms with Crippen molar-refractivity contribution < 1.29 is 19.4 Å². The van der Waals surface area contributed by atoms with Crippen molar-refractivity contribution in [3.63, 3.8) is 0 Å². The smallest absolute Gasteiger partial charge is 0.323 e. The van der Waals surface area contributed by atoms with Crippen LogP contribution < -0.4 is 0 Å². The summed E-state index contributed by atoms with van der Waals surface area (Å²) < 4.78 is 5.38. The van der Waals surface area contributed by atoms with Crippen LogP contribution in [0.25, 0.3) is 0 Å². The maximum absolute atomic E-state index is 12.1. The lowest BCUT2D eigenvalue weighted by atomic mass is 9.77. The van der Waals surface area contributed by atoms with Gasteiger partial charge < -0.3 is 14.7 Å². The molecule has 0 unspecified atom stereocenters. The van der Waals surface area contributed by atoms with Crippen LogP contribution in [-0.4, -0.2) is 47.2 Å². The Balaban J connectivity index is 2.61. The number of methoxy groups -OCH3 is 1. The number of ether oxygens (including phenoxy) is 1. The highest BCUT2D eigenvalue weighted by Crippen LogP contribution is 2.38. The molecule has 1 amide bonds. The normalized spacial score (nSPS) is 17.6. The summed E-state index contributed by atoms with van der Waals surface area (Å²) in [6, 6.07) is -0.104. The molecule has 1 saturated carbocycles. The number of hydrogen-bond donors (Lipinski definition) is 1. The van der Waals surface area contributed by atoms with E-state index >= 15 is 0 Å². The first-order valence-electron chi connectivity index (χ1n) is 5.96. The zero-order chi connectivity index (χ0) is 13.1. The third-order valence-electron chi connectivity index (χ3n) is 3.42. The Labute approximate surface area is 102 Å². The molecule has 1 fully saturated rings. The lowest BCUT2D eigenvalue weighted by Crippen LogP contribution is -2.48. The Morgan fingerprint density at radius 1 is 1.41 bits per heavy atom. The predicted octanol–water partition coefficient (Wildman–Crippen LogP) is 1.27. The summed E-state index contributed by atoms with van der Waals surface area (Å²) in [5, 5.41) is 8.78. The molecule has 1 aliphatic rings. The van der Waals surface area contributed by atoms with Crippen molar-refractivity contribution >= 4 is 11.9 Å². The highest BCUT2D eigenvalue weighted by Gasteiger charge is 2.40. The molecule has 1 aliphatic carbocycles. The van der Waals surface area contributed by atoms with E-state index in [0.717, 1.165) is 19.3 Å². The van der Waals surface area contributed by atoms with Gasteiger partial charge in [-0.15, -0.1) is 0 Å². The molecular weight excluding hydrogens is 222 g/mol. The van der Waals surface area contributed by atoms with Crippen molar-refractivity contribution in [2.24, 2.45) is 0 Å². The fourth-order valence-corrected chi connectivity index (χ4v) is 2.11. The number of amides is 1. The van der Waals surface area contributed by atoms with Crippen molar-refractivity contribution in [1.29, 1.82) is 0 Å². The molecule has 5 heteroatoms. The van der Waals surface area contributed by atoms with E-state index in [2.05, 4.69) is 0 Å². The Morgan fingerprint density at radius 3 is 2.29 bits per heavy atom. The fourth-order valence-electron chi connectivity index (χ4n) is 2.11. The molecule has 0 radical (unpaired) electrons. The summed E-state index contributed by atoms with van der Waals surface area (Å²) in [6.45, 7) is 3.40. The fraction of sp³-hybridized carbons (Fsp3) is 0.833. The van der Waals surface area contributed by atoms with Gasteiger partial charge in [0.2, 0.25) is 5.91 Å². The van der Waals surface area contributed by atoms with Gasteiger partial charge in [0.25, 0.3) is 0 Å². The lowest BCUT2D eigenvalue weighted by molar-refractivity contribution is -0.152. The summed E-state index contributed by atoms with van der Waals surface area (Å²) in [4.78, 5) is 24.2. The lowest BCUT2D eigenvalue weighted by Gasteiger charge is -2.41. The quantitative estimate of drug-likeness (QED) is 0.762. The molecule has 0 bridgehead atoms. The Hall–Kier alpha value is -1.10. The molecule has 98 valence electrons. The third-order valence-corrected chi connectivity index (χ3v) is 3.42. The summed E-state index contributed by atoms with van der Waals surface area (Å²) >= 11 is 0. The van der Waals surface area contributed by atoms with Gasteiger partial charge in [-0.05, 0) is 33.1 Å². The molecule has 1 rings (SSSR count). The van der Waals surface area contributed by atoms with Crippen LogP contribution in [0.4, 0.5) is 0 Å². The number of carbonyl (C=O) groups is 2. The number of carboxylic acid groups (broad SMARTS) is 1. The first-order valence-corrected chi connectivity index (χ1v) is 5.96. The van der Waals surface area contributed by atoms with Crippen LogP contribution in [0.1, 0.15) is 39.5 Å². The van der Waals surface area contributed by atoms with Gasteiger partial charge >= 0.3 is 5.97 Å². The van der Waals surface area contributed by atoms with Crippen molar-refractivity contribution in [1.82, 2.24) is 4.90 Å². The number of carbonyl (C=O) groups excluding carboxylic acids is 1. The SMILES string of the molecule is COC1(CC(=O)N(CC(=O)O)C(C)C)CCC1. The number of nitrogens with zero attached hydrogens (tertiary/aromatic N) is 1. The Morgan fingerprint density at radius 2 is 2.00 bits per heavy atom. The highest BCUT2D eigenvalue weighted by atomic mass is 16.5. The molecule has 5 nitrogen and oxygen atoms in total. The van der Waals surface area contributed by atoms with Gasteiger partial charge in [0.1, 0.15) is 6.54 Å². The van der Waals surface area contributed by atoms with E-state index in [9.17, 15) is 9.59 Å². The second kappa shape index (κ2) is 5.49. The largest absolute Gasteiger partial charge is 0.480 e. The molecule has 0 aliphatic heterocycles. The summed E-state index contributed by atoms with van der Waals surface area (Å²) in [6.07, 6.45) is 3.12. The van der Waals surface area contributed by atoms with Gasteiger partial charge in [-0.1, -0.05) is 0 Å². The maximum Gasteiger partial charge on any atom is 0.323 e. The maximum atomic E-state index is 12.1. The van der Waals surface area contributed by atoms with E-state index in [4.69, 9.17) is 9.84 Å². The van der Waals surface area contributed by atoms with Crippen LogP contribution in [0.2, 0.25) is 0 Å². The molecule has 0 saturated heterocycles. The van der Waals surface area contributed by atoms with Crippen LogP contribution in [-0.2, 0) is 14.3 Å². The van der Waals surface area contributed by atoms with Crippen molar-refractivity contribution in [3.05, 3.63) is 0 Å². The minimum absolute atomic E-state index is 0.104. The molecule has 0 aromatic rings. The predicted molar refractivity (Wildman–Crippen MR) is 62.7 cm³/mol. The van der Waals surface area contributed by atoms with Crippen molar-refractivity contribution in [3.8, 4) is 0 Å². The molecule has 0 spiro atoms. The number of rotatable bonds is 6. The minimum Gasteiger partial charge on any atom is -0.480 e.